The SMILES string of the molecule is CCS(=O)(=O)NOC1CCNCC1. The summed E-state index contributed by atoms with van der Waals surface area (Å²) in [5.41, 5.74) is 0. The Hall–Kier alpha value is -0.170. The third-order valence-electron chi connectivity index (χ3n) is 2.01. The van der Waals surface area contributed by atoms with E-state index in [0.717, 1.165) is 25.9 Å². The number of hydrogen-bond donors (Lipinski definition) is 2. The van der Waals surface area contributed by atoms with Crippen LogP contribution in [0.15, 0.2) is 0 Å². The lowest BCUT2D eigenvalue weighted by molar-refractivity contribution is 0.000233. The summed E-state index contributed by atoms with van der Waals surface area (Å²) in [6.07, 6.45) is 1.72. The molecule has 0 aliphatic carbocycles. The Morgan fingerprint density at radius 1 is 1.46 bits per heavy atom. The molecule has 0 aromatic carbocycles. The van der Waals surface area contributed by atoms with Crippen molar-refractivity contribution in [3.05, 3.63) is 0 Å². The topological polar surface area (TPSA) is 67.4 Å². The maximum absolute atomic E-state index is 11.0. The van der Waals surface area contributed by atoms with E-state index in [-0.39, 0.29) is 11.9 Å². The Balaban J connectivity index is 2.25. The standard InChI is InChI=1S/C7H16N2O3S/c1-2-13(10,11)9-12-7-3-5-8-6-4-7/h7-9H,2-6H2,1H3. The van der Waals surface area contributed by atoms with E-state index in [2.05, 4.69) is 10.2 Å². The molecule has 1 saturated heterocycles. The molecule has 1 fully saturated rings. The number of sulfonamides is 1. The minimum Gasteiger partial charge on any atom is -0.317 e. The second-order valence-electron chi connectivity index (χ2n) is 3.05. The second-order valence-corrected chi connectivity index (χ2v) is 5.03. The molecule has 0 unspecified atom stereocenters. The van der Waals surface area contributed by atoms with Gasteiger partial charge in [-0.1, -0.05) is 4.89 Å². The molecule has 0 aromatic rings. The molecule has 13 heavy (non-hydrogen) atoms. The van der Waals surface area contributed by atoms with Gasteiger partial charge in [0.25, 0.3) is 0 Å². The van der Waals surface area contributed by atoms with Crippen LogP contribution in [0.3, 0.4) is 0 Å². The molecule has 6 heteroatoms. The van der Waals surface area contributed by atoms with E-state index in [9.17, 15) is 8.42 Å². The summed E-state index contributed by atoms with van der Waals surface area (Å²) < 4.78 is 22.0. The van der Waals surface area contributed by atoms with Crippen LogP contribution in [0.5, 0.6) is 0 Å². The quantitative estimate of drug-likeness (QED) is 0.617. The number of rotatable bonds is 4. The zero-order valence-corrected chi connectivity index (χ0v) is 8.56. The van der Waals surface area contributed by atoms with Crippen molar-refractivity contribution in [2.75, 3.05) is 18.8 Å². The van der Waals surface area contributed by atoms with Gasteiger partial charge >= 0.3 is 0 Å². The van der Waals surface area contributed by atoms with Gasteiger partial charge in [0.15, 0.2) is 0 Å². The monoisotopic (exact) mass is 208 g/mol. The molecule has 0 radical (unpaired) electrons. The molecule has 0 spiro atoms. The lowest BCUT2D eigenvalue weighted by atomic mass is 10.1. The van der Waals surface area contributed by atoms with Gasteiger partial charge in [-0.15, -0.1) is 0 Å². The van der Waals surface area contributed by atoms with E-state index in [1.54, 1.807) is 6.92 Å². The fourth-order valence-corrected chi connectivity index (χ4v) is 1.51. The van der Waals surface area contributed by atoms with Gasteiger partial charge in [-0.3, -0.25) is 4.84 Å². The summed E-state index contributed by atoms with van der Waals surface area (Å²) in [6, 6.07) is 0. The van der Waals surface area contributed by atoms with E-state index in [0.29, 0.717) is 0 Å². The molecule has 1 aliphatic rings. The highest BCUT2D eigenvalue weighted by Gasteiger charge is 2.16. The van der Waals surface area contributed by atoms with Gasteiger partial charge in [-0.05, 0) is 32.9 Å². The molecular formula is C7H16N2O3S. The average molecular weight is 208 g/mol. The van der Waals surface area contributed by atoms with E-state index < -0.39 is 10.0 Å². The predicted molar refractivity (Wildman–Crippen MR) is 49.6 cm³/mol. The Kier molecular flexibility index (Phi) is 4.11. The van der Waals surface area contributed by atoms with Crippen LogP contribution >= 0.6 is 0 Å². The minimum atomic E-state index is -3.21. The van der Waals surface area contributed by atoms with Crippen LogP contribution in [0, 0.1) is 0 Å². The van der Waals surface area contributed by atoms with Crippen molar-refractivity contribution in [1.82, 2.24) is 10.2 Å². The highest BCUT2D eigenvalue weighted by atomic mass is 32.2. The van der Waals surface area contributed by atoms with Crippen LogP contribution in [0.4, 0.5) is 0 Å². The molecule has 1 heterocycles. The third kappa shape index (κ3) is 4.04. The summed E-state index contributed by atoms with van der Waals surface area (Å²) in [5.74, 6) is 0.0535. The van der Waals surface area contributed by atoms with E-state index in [1.807, 2.05) is 0 Å². The molecule has 1 aliphatic heterocycles. The van der Waals surface area contributed by atoms with E-state index in [4.69, 9.17) is 4.84 Å². The molecule has 78 valence electrons. The second kappa shape index (κ2) is 4.90. The number of hydrogen-bond acceptors (Lipinski definition) is 4. The lowest BCUT2D eigenvalue weighted by Gasteiger charge is -2.22. The van der Waals surface area contributed by atoms with Gasteiger partial charge in [0.1, 0.15) is 0 Å². The first-order chi connectivity index (χ1) is 6.14. The van der Waals surface area contributed by atoms with Crippen LogP contribution in [-0.4, -0.2) is 33.4 Å². The first kappa shape index (κ1) is 10.9. The van der Waals surface area contributed by atoms with Crippen LogP contribution in [0.2, 0.25) is 0 Å². The molecule has 0 saturated carbocycles. The van der Waals surface area contributed by atoms with Gasteiger partial charge in [-0.25, -0.2) is 8.42 Å². The fraction of sp³-hybridized carbons (Fsp3) is 1.00. The first-order valence-corrected chi connectivity index (χ1v) is 6.15. The third-order valence-corrected chi connectivity index (χ3v) is 3.12. The summed E-state index contributed by atoms with van der Waals surface area (Å²) in [7, 11) is -3.21. The zero-order chi connectivity index (χ0) is 9.73. The smallest absolute Gasteiger partial charge is 0.233 e. The lowest BCUT2D eigenvalue weighted by Crippen LogP contribution is -2.37. The van der Waals surface area contributed by atoms with Gasteiger partial charge < -0.3 is 5.32 Å². The van der Waals surface area contributed by atoms with Crippen molar-refractivity contribution < 1.29 is 13.3 Å². The van der Waals surface area contributed by atoms with E-state index in [1.165, 1.54) is 0 Å². The van der Waals surface area contributed by atoms with Crippen molar-refractivity contribution in [3.63, 3.8) is 0 Å². The van der Waals surface area contributed by atoms with Crippen molar-refractivity contribution >= 4 is 10.0 Å². The van der Waals surface area contributed by atoms with Crippen LogP contribution in [0.1, 0.15) is 19.8 Å². The van der Waals surface area contributed by atoms with Gasteiger partial charge in [-0.2, -0.15) is 0 Å². The normalized spacial score (nSPS) is 20.4. The molecule has 0 amide bonds. The minimum absolute atomic E-state index is 0.0163. The van der Waals surface area contributed by atoms with E-state index >= 15 is 0 Å². The Labute approximate surface area is 78.9 Å². The average Bonchev–Trinajstić information content (AvgIpc) is 2.17. The highest BCUT2D eigenvalue weighted by molar-refractivity contribution is 7.89. The zero-order valence-electron chi connectivity index (χ0n) is 7.75. The van der Waals surface area contributed by atoms with Gasteiger partial charge in [0.2, 0.25) is 10.0 Å². The maximum atomic E-state index is 11.0. The summed E-state index contributed by atoms with van der Waals surface area (Å²) >= 11 is 0. The Bertz CT molecular complexity index is 234. The number of nitrogens with one attached hydrogen (secondary N) is 2. The largest absolute Gasteiger partial charge is 0.317 e. The molecule has 0 aromatic heterocycles. The fourth-order valence-electron chi connectivity index (χ4n) is 1.11. The molecular weight excluding hydrogens is 192 g/mol. The Morgan fingerprint density at radius 2 is 2.08 bits per heavy atom. The van der Waals surface area contributed by atoms with Crippen molar-refractivity contribution in [2.45, 2.75) is 25.9 Å². The predicted octanol–water partition coefficient (Wildman–Crippen LogP) is -0.391. The molecule has 5 nitrogen and oxygen atoms in total. The number of piperidine rings is 1. The Morgan fingerprint density at radius 3 is 2.62 bits per heavy atom. The van der Waals surface area contributed by atoms with Crippen LogP contribution in [0.25, 0.3) is 0 Å². The maximum Gasteiger partial charge on any atom is 0.233 e. The van der Waals surface area contributed by atoms with Crippen LogP contribution in [-0.2, 0) is 14.9 Å². The molecule has 0 bridgehead atoms. The first-order valence-electron chi connectivity index (χ1n) is 4.50. The summed E-state index contributed by atoms with van der Waals surface area (Å²) in [4.78, 5) is 7.18. The molecule has 2 N–H and O–H groups in total. The van der Waals surface area contributed by atoms with Crippen molar-refractivity contribution in [2.24, 2.45) is 0 Å². The molecule has 1 rings (SSSR count). The van der Waals surface area contributed by atoms with Crippen molar-refractivity contribution in [3.8, 4) is 0 Å². The van der Waals surface area contributed by atoms with Gasteiger partial charge in [0.05, 0.1) is 11.9 Å². The van der Waals surface area contributed by atoms with Crippen LogP contribution < -0.4 is 10.2 Å². The van der Waals surface area contributed by atoms with Crippen molar-refractivity contribution in [1.29, 1.82) is 0 Å². The summed E-state index contributed by atoms with van der Waals surface area (Å²) in [5, 5.41) is 3.17. The molecule has 0 atom stereocenters. The van der Waals surface area contributed by atoms with Gasteiger partial charge in [0, 0.05) is 0 Å². The highest BCUT2D eigenvalue weighted by Crippen LogP contribution is 2.05. The summed E-state index contributed by atoms with van der Waals surface area (Å²) in [6.45, 7) is 3.35.